The van der Waals surface area contributed by atoms with Crippen molar-refractivity contribution >= 4 is 0 Å². The van der Waals surface area contributed by atoms with Crippen LogP contribution in [0.25, 0.3) is 0 Å². The summed E-state index contributed by atoms with van der Waals surface area (Å²) in [7, 11) is 0. The first kappa shape index (κ1) is 12.7. The van der Waals surface area contributed by atoms with Gasteiger partial charge in [-0.25, -0.2) is 0 Å². The van der Waals surface area contributed by atoms with Gasteiger partial charge in [0.1, 0.15) is 0 Å². The molecule has 0 radical (unpaired) electrons. The van der Waals surface area contributed by atoms with Crippen LogP contribution in [0, 0.1) is 0 Å². The van der Waals surface area contributed by atoms with E-state index in [1.165, 1.54) is 12.8 Å². The molecule has 0 aromatic rings. The highest BCUT2D eigenvalue weighted by atomic mass is 16.3. The minimum atomic E-state index is -0.307. The molecule has 0 saturated heterocycles. The molecule has 78 valence electrons. The predicted octanol–water partition coefficient (Wildman–Crippen LogP) is 2.26. The lowest BCUT2D eigenvalue weighted by Crippen LogP contribution is -2.07. The van der Waals surface area contributed by atoms with Crippen molar-refractivity contribution in [1.82, 2.24) is 0 Å². The molecule has 1 atom stereocenters. The molecule has 0 saturated carbocycles. The van der Waals surface area contributed by atoms with Gasteiger partial charge in [0.25, 0.3) is 0 Å². The van der Waals surface area contributed by atoms with Gasteiger partial charge in [-0.2, -0.15) is 0 Å². The zero-order chi connectivity index (χ0) is 10.1. The summed E-state index contributed by atoms with van der Waals surface area (Å²) in [5.41, 5.74) is 0.991. The van der Waals surface area contributed by atoms with E-state index in [0.717, 1.165) is 18.4 Å². The maximum Gasteiger partial charge on any atom is 0.0747 e. The molecule has 0 bridgehead atoms. The van der Waals surface area contributed by atoms with Gasteiger partial charge in [0.2, 0.25) is 0 Å². The van der Waals surface area contributed by atoms with Crippen LogP contribution in [0.1, 0.15) is 46.0 Å². The molecule has 0 aromatic carbocycles. The van der Waals surface area contributed by atoms with Crippen LogP contribution in [0.4, 0.5) is 0 Å². The standard InChI is InChI=1S/C11H22O2/c1-3-4-5-8-11(13)10(2)7-6-9-12/h7,11-13H,3-6,8-9H2,1-2H3/b10-7+. The van der Waals surface area contributed by atoms with Crippen LogP contribution in [0.2, 0.25) is 0 Å². The van der Waals surface area contributed by atoms with Gasteiger partial charge < -0.3 is 10.2 Å². The summed E-state index contributed by atoms with van der Waals surface area (Å²) in [4.78, 5) is 0. The SMILES string of the molecule is CCCCCC(O)/C(C)=C/CCO. The predicted molar refractivity (Wildman–Crippen MR) is 55.6 cm³/mol. The molecule has 0 spiro atoms. The van der Waals surface area contributed by atoms with Crippen molar-refractivity contribution < 1.29 is 10.2 Å². The van der Waals surface area contributed by atoms with E-state index in [-0.39, 0.29) is 12.7 Å². The second-order valence-electron chi connectivity index (χ2n) is 3.47. The smallest absolute Gasteiger partial charge is 0.0747 e. The Hall–Kier alpha value is -0.340. The van der Waals surface area contributed by atoms with E-state index >= 15 is 0 Å². The number of unbranched alkanes of at least 4 members (excludes halogenated alkanes) is 2. The maximum absolute atomic E-state index is 9.62. The van der Waals surface area contributed by atoms with E-state index in [4.69, 9.17) is 5.11 Å². The summed E-state index contributed by atoms with van der Waals surface area (Å²) < 4.78 is 0. The Labute approximate surface area is 81.3 Å². The van der Waals surface area contributed by atoms with E-state index in [9.17, 15) is 5.11 Å². The molecule has 0 amide bonds. The number of rotatable bonds is 7. The Morgan fingerprint density at radius 1 is 1.38 bits per heavy atom. The van der Waals surface area contributed by atoms with Crippen LogP contribution in [0.5, 0.6) is 0 Å². The van der Waals surface area contributed by atoms with Gasteiger partial charge in [0, 0.05) is 6.61 Å². The maximum atomic E-state index is 9.62. The molecule has 2 nitrogen and oxygen atoms in total. The van der Waals surface area contributed by atoms with Crippen LogP contribution in [0.3, 0.4) is 0 Å². The monoisotopic (exact) mass is 186 g/mol. The zero-order valence-electron chi connectivity index (χ0n) is 8.79. The third kappa shape index (κ3) is 6.79. The van der Waals surface area contributed by atoms with Crippen LogP contribution in [0.15, 0.2) is 11.6 Å². The summed E-state index contributed by atoms with van der Waals surface area (Å²) in [6.07, 6.45) is 6.56. The lowest BCUT2D eigenvalue weighted by Gasteiger charge is -2.10. The second-order valence-corrected chi connectivity index (χ2v) is 3.47. The Balaban J connectivity index is 3.61. The first-order valence-electron chi connectivity index (χ1n) is 5.18. The molecule has 1 unspecified atom stereocenters. The average molecular weight is 186 g/mol. The molecule has 0 aliphatic carbocycles. The van der Waals surface area contributed by atoms with E-state index in [2.05, 4.69) is 6.92 Å². The van der Waals surface area contributed by atoms with Gasteiger partial charge in [0.05, 0.1) is 6.10 Å². The fraction of sp³-hybridized carbons (Fsp3) is 0.818. The second kappa shape index (κ2) is 8.27. The molecule has 2 N–H and O–H groups in total. The third-order valence-corrected chi connectivity index (χ3v) is 2.20. The van der Waals surface area contributed by atoms with Gasteiger partial charge in [0.15, 0.2) is 0 Å². The highest BCUT2D eigenvalue weighted by Crippen LogP contribution is 2.11. The van der Waals surface area contributed by atoms with Crippen LogP contribution in [-0.2, 0) is 0 Å². The van der Waals surface area contributed by atoms with Crippen molar-refractivity contribution in [2.75, 3.05) is 6.61 Å². The number of hydrogen-bond acceptors (Lipinski definition) is 2. The van der Waals surface area contributed by atoms with Crippen molar-refractivity contribution in [2.24, 2.45) is 0 Å². The minimum Gasteiger partial charge on any atom is -0.396 e. The normalized spacial score (nSPS) is 14.6. The quantitative estimate of drug-likeness (QED) is 0.473. The molecular formula is C11H22O2. The highest BCUT2D eigenvalue weighted by Gasteiger charge is 2.04. The number of aliphatic hydroxyl groups excluding tert-OH is 2. The largest absolute Gasteiger partial charge is 0.396 e. The summed E-state index contributed by atoms with van der Waals surface area (Å²) >= 11 is 0. The van der Waals surface area contributed by atoms with Crippen molar-refractivity contribution in [3.05, 3.63) is 11.6 Å². The van der Waals surface area contributed by atoms with Crippen molar-refractivity contribution in [1.29, 1.82) is 0 Å². The van der Waals surface area contributed by atoms with Crippen molar-refractivity contribution in [3.63, 3.8) is 0 Å². The number of hydrogen-bond donors (Lipinski definition) is 2. The van der Waals surface area contributed by atoms with E-state index in [1.54, 1.807) is 0 Å². The molecular weight excluding hydrogens is 164 g/mol. The van der Waals surface area contributed by atoms with Crippen LogP contribution in [-0.4, -0.2) is 22.9 Å². The molecule has 0 fully saturated rings. The Morgan fingerprint density at radius 2 is 2.08 bits per heavy atom. The molecule has 0 rings (SSSR count). The van der Waals surface area contributed by atoms with E-state index < -0.39 is 0 Å². The summed E-state index contributed by atoms with van der Waals surface area (Å²) in [6.45, 7) is 4.24. The molecule has 0 aliphatic heterocycles. The third-order valence-electron chi connectivity index (χ3n) is 2.20. The van der Waals surface area contributed by atoms with Gasteiger partial charge in [-0.1, -0.05) is 32.3 Å². The van der Waals surface area contributed by atoms with E-state index in [0.29, 0.717) is 6.42 Å². The molecule has 13 heavy (non-hydrogen) atoms. The number of aliphatic hydroxyl groups is 2. The Kier molecular flexibility index (Phi) is 8.05. The topological polar surface area (TPSA) is 40.5 Å². The van der Waals surface area contributed by atoms with Crippen molar-refractivity contribution in [2.45, 2.75) is 52.1 Å². The van der Waals surface area contributed by atoms with Gasteiger partial charge in [-0.3, -0.25) is 0 Å². The lowest BCUT2D eigenvalue weighted by atomic mass is 10.0. The fourth-order valence-corrected chi connectivity index (χ4v) is 1.24. The van der Waals surface area contributed by atoms with Gasteiger partial charge >= 0.3 is 0 Å². The van der Waals surface area contributed by atoms with Crippen LogP contribution < -0.4 is 0 Å². The van der Waals surface area contributed by atoms with E-state index in [1.807, 2.05) is 13.0 Å². The lowest BCUT2D eigenvalue weighted by molar-refractivity contribution is 0.195. The van der Waals surface area contributed by atoms with Crippen LogP contribution >= 0.6 is 0 Å². The highest BCUT2D eigenvalue weighted by molar-refractivity contribution is 5.04. The first-order chi connectivity index (χ1) is 6.22. The van der Waals surface area contributed by atoms with Crippen molar-refractivity contribution in [3.8, 4) is 0 Å². The van der Waals surface area contributed by atoms with Gasteiger partial charge in [-0.05, 0) is 25.3 Å². The zero-order valence-corrected chi connectivity index (χ0v) is 8.79. The minimum absolute atomic E-state index is 0.166. The average Bonchev–Trinajstić information content (AvgIpc) is 2.14. The molecule has 2 heteroatoms. The summed E-state index contributed by atoms with van der Waals surface area (Å²) in [5, 5.41) is 18.2. The summed E-state index contributed by atoms with van der Waals surface area (Å²) in [6, 6.07) is 0. The summed E-state index contributed by atoms with van der Waals surface area (Å²) in [5.74, 6) is 0. The van der Waals surface area contributed by atoms with Gasteiger partial charge in [-0.15, -0.1) is 0 Å². The Morgan fingerprint density at radius 3 is 2.62 bits per heavy atom. The molecule has 0 heterocycles. The molecule has 0 aliphatic rings. The first-order valence-corrected chi connectivity index (χ1v) is 5.18. The molecule has 0 aromatic heterocycles. The fourth-order valence-electron chi connectivity index (χ4n) is 1.24. The Bertz CT molecular complexity index is 141.